The zero-order valence-corrected chi connectivity index (χ0v) is 13.1. The number of hydrogen-bond acceptors (Lipinski definition) is 5. The summed E-state index contributed by atoms with van der Waals surface area (Å²) >= 11 is 3.33. The number of nitrogens with zero attached hydrogens (tertiary/aromatic N) is 2. The van der Waals surface area contributed by atoms with Gasteiger partial charge in [-0.2, -0.15) is 5.10 Å². The molecule has 1 aliphatic rings. The molecule has 0 aliphatic heterocycles. The van der Waals surface area contributed by atoms with Crippen LogP contribution in [0, 0.1) is 5.92 Å². The summed E-state index contributed by atoms with van der Waals surface area (Å²) in [6, 6.07) is 0.201. The van der Waals surface area contributed by atoms with E-state index in [9.17, 15) is 9.90 Å². The fourth-order valence-electron chi connectivity index (χ4n) is 2.55. The molecule has 1 fully saturated rings. The fraction of sp³-hybridized carbons (Fsp3) is 0.692. The van der Waals surface area contributed by atoms with Gasteiger partial charge in [0.05, 0.1) is 25.0 Å². The summed E-state index contributed by atoms with van der Waals surface area (Å²) in [7, 11) is 1.59. The second-order valence-electron chi connectivity index (χ2n) is 5.02. The Morgan fingerprint density at radius 3 is 3.10 bits per heavy atom. The fourth-order valence-corrected chi connectivity index (χ4v) is 2.97. The minimum absolute atomic E-state index is 0.174. The highest BCUT2D eigenvalue weighted by atomic mass is 79.9. The maximum atomic E-state index is 12.1. The van der Waals surface area contributed by atoms with Crippen molar-refractivity contribution in [2.45, 2.75) is 31.8 Å². The van der Waals surface area contributed by atoms with Gasteiger partial charge in [0.1, 0.15) is 4.47 Å². The molecule has 2 atom stereocenters. The van der Waals surface area contributed by atoms with E-state index in [1.165, 1.54) is 4.68 Å². The average molecular weight is 346 g/mol. The molecule has 20 heavy (non-hydrogen) atoms. The lowest BCUT2D eigenvalue weighted by Gasteiger charge is -2.21. The predicted molar refractivity (Wildman–Crippen MR) is 79.9 cm³/mol. The molecule has 1 aromatic heterocycles. The molecular weight excluding hydrogens is 326 g/mol. The van der Waals surface area contributed by atoms with Crippen molar-refractivity contribution in [1.82, 2.24) is 9.78 Å². The van der Waals surface area contributed by atoms with Crippen molar-refractivity contribution in [3.63, 3.8) is 0 Å². The standard InChI is InChI=1S/C13H20BrN3O3/c1-20-6-5-17-13(19)12(14)11(7-15-17)16-10-4-2-3-9(10)8-18/h7,9-10,16,18H,2-6,8H2,1H3. The number of aliphatic hydroxyl groups excluding tert-OH is 1. The van der Waals surface area contributed by atoms with Crippen molar-refractivity contribution in [3.05, 3.63) is 21.0 Å². The van der Waals surface area contributed by atoms with E-state index >= 15 is 0 Å². The molecule has 0 amide bonds. The lowest BCUT2D eigenvalue weighted by atomic mass is 10.1. The van der Waals surface area contributed by atoms with Crippen LogP contribution in [0.2, 0.25) is 0 Å². The summed E-state index contributed by atoms with van der Waals surface area (Å²) in [6.45, 7) is 1.05. The Morgan fingerprint density at radius 2 is 2.40 bits per heavy atom. The van der Waals surface area contributed by atoms with Gasteiger partial charge in [0.15, 0.2) is 0 Å². The van der Waals surface area contributed by atoms with Crippen molar-refractivity contribution in [2.24, 2.45) is 5.92 Å². The maximum absolute atomic E-state index is 12.1. The SMILES string of the molecule is COCCn1ncc(NC2CCCC2CO)c(Br)c1=O. The van der Waals surface area contributed by atoms with Crippen molar-refractivity contribution in [1.29, 1.82) is 0 Å². The molecule has 1 aliphatic carbocycles. The third kappa shape index (κ3) is 3.39. The number of methoxy groups -OCH3 is 1. The highest BCUT2D eigenvalue weighted by Gasteiger charge is 2.27. The van der Waals surface area contributed by atoms with Crippen LogP contribution in [0.1, 0.15) is 19.3 Å². The molecule has 0 spiro atoms. The van der Waals surface area contributed by atoms with Crippen LogP contribution in [-0.2, 0) is 11.3 Å². The first-order valence-electron chi connectivity index (χ1n) is 6.79. The molecule has 2 unspecified atom stereocenters. The van der Waals surface area contributed by atoms with Crippen molar-refractivity contribution in [3.8, 4) is 0 Å². The molecule has 2 rings (SSSR count). The monoisotopic (exact) mass is 345 g/mol. The van der Waals surface area contributed by atoms with E-state index in [1.54, 1.807) is 13.3 Å². The number of aromatic nitrogens is 2. The molecule has 1 heterocycles. The molecule has 6 nitrogen and oxygen atoms in total. The lowest BCUT2D eigenvalue weighted by molar-refractivity contribution is 0.181. The van der Waals surface area contributed by atoms with E-state index in [1.807, 2.05) is 0 Å². The third-order valence-electron chi connectivity index (χ3n) is 3.73. The Bertz CT molecular complexity index is 506. The Balaban J connectivity index is 2.13. The second kappa shape index (κ2) is 7.19. The normalized spacial score (nSPS) is 22.1. The van der Waals surface area contributed by atoms with Gasteiger partial charge in [-0.1, -0.05) is 6.42 Å². The van der Waals surface area contributed by atoms with Gasteiger partial charge in [-0.25, -0.2) is 4.68 Å². The minimum atomic E-state index is -0.175. The van der Waals surface area contributed by atoms with Crippen molar-refractivity contribution in [2.75, 3.05) is 25.6 Å². The Hall–Kier alpha value is -0.920. The number of rotatable bonds is 6. The summed E-state index contributed by atoms with van der Waals surface area (Å²) in [5.74, 6) is 0.248. The van der Waals surface area contributed by atoms with Crippen LogP contribution in [0.15, 0.2) is 15.5 Å². The maximum Gasteiger partial charge on any atom is 0.283 e. The molecular formula is C13H20BrN3O3. The first kappa shape index (κ1) is 15.5. The van der Waals surface area contributed by atoms with E-state index in [0.29, 0.717) is 23.3 Å². The molecule has 0 radical (unpaired) electrons. The van der Waals surface area contributed by atoms with E-state index in [2.05, 4.69) is 26.3 Å². The smallest absolute Gasteiger partial charge is 0.283 e. The third-order valence-corrected chi connectivity index (χ3v) is 4.49. The Kier molecular flexibility index (Phi) is 5.56. The topological polar surface area (TPSA) is 76.4 Å². The van der Waals surface area contributed by atoms with Gasteiger partial charge < -0.3 is 15.2 Å². The van der Waals surface area contributed by atoms with E-state index in [-0.39, 0.29) is 24.1 Å². The number of ether oxygens (including phenoxy) is 1. The van der Waals surface area contributed by atoms with Gasteiger partial charge in [-0.15, -0.1) is 0 Å². The molecule has 0 saturated heterocycles. The average Bonchev–Trinajstić information content (AvgIpc) is 2.90. The van der Waals surface area contributed by atoms with Gasteiger partial charge in [-0.3, -0.25) is 4.79 Å². The second-order valence-corrected chi connectivity index (χ2v) is 5.81. The van der Waals surface area contributed by atoms with Crippen LogP contribution >= 0.6 is 15.9 Å². The summed E-state index contributed by atoms with van der Waals surface area (Å²) < 4.78 is 6.80. The van der Waals surface area contributed by atoms with E-state index in [0.717, 1.165) is 19.3 Å². The van der Waals surface area contributed by atoms with Crippen molar-refractivity contribution < 1.29 is 9.84 Å². The van der Waals surface area contributed by atoms with E-state index < -0.39 is 0 Å². The number of aliphatic hydroxyl groups is 1. The largest absolute Gasteiger partial charge is 0.396 e. The summed E-state index contributed by atoms with van der Waals surface area (Å²) in [4.78, 5) is 12.1. The van der Waals surface area contributed by atoms with Crippen LogP contribution < -0.4 is 10.9 Å². The lowest BCUT2D eigenvalue weighted by Crippen LogP contribution is -2.30. The molecule has 1 saturated carbocycles. The zero-order valence-electron chi connectivity index (χ0n) is 11.5. The van der Waals surface area contributed by atoms with Crippen LogP contribution in [0.5, 0.6) is 0 Å². The number of hydrogen-bond donors (Lipinski definition) is 2. The van der Waals surface area contributed by atoms with Gasteiger partial charge in [0.25, 0.3) is 5.56 Å². The van der Waals surface area contributed by atoms with Crippen LogP contribution in [-0.4, -0.2) is 41.3 Å². The van der Waals surface area contributed by atoms with Gasteiger partial charge in [0, 0.05) is 25.7 Å². The summed E-state index contributed by atoms with van der Waals surface area (Å²) in [5.41, 5.74) is 0.514. The first-order chi connectivity index (χ1) is 9.67. The number of halogens is 1. The van der Waals surface area contributed by atoms with Gasteiger partial charge in [0.2, 0.25) is 0 Å². The van der Waals surface area contributed by atoms with E-state index in [4.69, 9.17) is 4.74 Å². The zero-order chi connectivity index (χ0) is 14.5. The van der Waals surface area contributed by atoms with Gasteiger partial charge >= 0.3 is 0 Å². The highest BCUT2D eigenvalue weighted by molar-refractivity contribution is 9.10. The number of anilines is 1. The van der Waals surface area contributed by atoms with Crippen LogP contribution in [0.4, 0.5) is 5.69 Å². The molecule has 0 aromatic carbocycles. The minimum Gasteiger partial charge on any atom is -0.396 e. The van der Waals surface area contributed by atoms with Gasteiger partial charge in [-0.05, 0) is 28.8 Å². The molecule has 112 valence electrons. The number of nitrogens with one attached hydrogen (secondary N) is 1. The van der Waals surface area contributed by atoms with Crippen molar-refractivity contribution >= 4 is 21.6 Å². The molecule has 0 bridgehead atoms. The first-order valence-corrected chi connectivity index (χ1v) is 7.58. The highest BCUT2D eigenvalue weighted by Crippen LogP contribution is 2.29. The summed E-state index contributed by atoms with van der Waals surface area (Å²) in [5, 5.41) is 16.8. The molecule has 2 N–H and O–H groups in total. The predicted octanol–water partition coefficient (Wildman–Crippen LogP) is 1.23. The quantitative estimate of drug-likeness (QED) is 0.810. The molecule has 7 heteroatoms. The Labute approximate surface area is 126 Å². The summed E-state index contributed by atoms with van der Waals surface area (Å²) in [6.07, 6.45) is 4.77. The molecule has 1 aromatic rings. The van der Waals surface area contributed by atoms with Crippen LogP contribution in [0.3, 0.4) is 0 Å². The Morgan fingerprint density at radius 1 is 1.60 bits per heavy atom. The van der Waals surface area contributed by atoms with Crippen LogP contribution in [0.25, 0.3) is 0 Å².